The Morgan fingerprint density at radius 3 is 2.65 bits per heavy atom. The summed E-state index contributed by atoms with van der Waals surface area (Å²) in [6, 6.07) is 14.9. The lowest BCUT2D eigenvalue weighted by atomic mass is 9.70. The van der Waals surface area contributed by atoms with E-state index in [9.17, 15) is 19.5 Å². The van der Waals surface area contributed by atoms with E-state index in [-0.39, 0.29) is 41.0 Å². The number of aliphatic hydroxyl groups is 1. The second-order valence-corrected chi connectivity index (χ2v) is 13.0. The zero-order chi connectivity index (χ0) is 26.3. The van der Waals surface area contributed by atoms with Crippen molar-refractivity contribution in [1.29, 1.82) is 0 Å². The molecular weight excluding hydrogens is 554 g/mol. The number of carbonyl (C=O) groups excluding carboxylic acids is 3. The minimum absolute atomic E-state index is 0.0165. The molecule has 1 spiro atoms. The average molecular weight is 587 g/mol. The molecule has 2 bridgehead atoms. The van der Waals surface area contributed by atoms with Gasteiger partial charge in [-0.1, -0.05) is 58.4 Å². The molecule has 2 aromatic rings. The van der Waals surface area contributed by atoms with E-state index in [4.69, 9.17) is 0 Å². The standard InChI is InChI=1S/C28H32BrN3O4S/c1-16-9-10-17(2)20(13-16)31-26(35)24-28-14-19(29)23(37-28)21(22(28)27(36)32(24)11-6-12-33)25(34)30-15-18-7-4-3-5-8-18/h3-5,7-10,13,19,21-24,33H,6,11-12,14-15H2,1-2H3,(H,30,34)(H,31,35)/t19?,21-,22+,23-,24?,28?/m1/s1. The van der Waals surface area contributed by atoms with Crippen LogP contribution in [0.4, 0.5) is 5.69 Å². The monoisotopic (exact) mass is 585 g/mol. The van der Waals surface area contributed by atoms with Crippen LogP contribution in [0.5, 0.6) is 0 Å². The zero-order valence-electron chi connectivity index (χ0n) is 20.9. The fourth-order valence-corrected chi connectivity index (χ4v) is 9.80. The van der Waals surface area contributed by atoms with E-state index in [1.807, 2.05) is 62.4 Å². The number of nitrogens with one attached hydrogen (secondary N) is 2. The molecule has 3 N–H and O–H groups in total. The molecule has 3 unspecified atom stereocenters. The first kappa shape index (κ1) is 26.3. The second-order valence-electron chi connectivity index (χ2n) is 10.3. The van der Waals surface area contributed by atoms with Crippen LogP contribution in [-0.2, 0) is 20.9 Å². The highest BCUT2D eigenvalue weighted by atomic mass is 79.9. The fraction of sp³-hybridized carbons (Fsp3) is 0.464. The van der Waals surface area contributed by atoms with Gasteiger partial charge in [0.2, 0.25) is 17.7 Å². The van der Waals surface area contributed by atoms with Gasteiger partial charge >= 0.3 is 0 Å². The van der Waals surface area contributed by atoms with Crippen molar-refractivity contribution in [2.45, 2.75) is 54.1 Å². The number of hydrogen-bond acceptors (Lipinski definition) is 5. The van der Waals surface area contributed by atoms with Gasteiger partial charge in [-0.15, -0.1) is 11.8 Å². The first-order valence-corrected chi connectivity index (χ1v) is 14.5. The van der Waals surface area contributed by atoms with E-state index in [0.29, 0.717) is 19.4 Å². The summed E-state index contributed by atoms with van der Waals surface area (Å²) >= 11 is 5.40. The molecule has 3 heterocycles. The summed E-state index contributed by atoms with van der Waals surface area (Å²) in [5, 5.41) is 15.6. The van der Waals surface area contributed by atoms with Gasteiger partial charge in [-0.3, -0.25) is 14.4 Å². The fourth-order valence-electron chi connectivity index (χ4n) is 6.19. The number of amides is 3. The first-order valence-electron chi connectivity index (χ1n) is 12.7. The highest BCUT2D eigenvalue weighted by molar-refractivity contribution is 9.09. The largest absolute Gasteiger partial charge is 0.396 e. The third-order valence-electron chi connectivity index (χ3n) is 7.86. The van der Waals surface area contributed by atoms with Crippen LogP contribution in [0.2, 0.25) is 0 Å². The average Bonchev–Trinajstić information content (AvgIpc) is 3.47. The molecule has 0 aromatic heterocycles. The summed E-state index contributed by atoms with van der Waals surface area (Å²) in [7, 11) is 0. The third kappa shape index (κ3) is 4.59. The molecule has 0 aliphatic carbocycles. The molecule has 3 aliphatic heterocycles. The Hall–Kier alpha value is -2.36. The molecule has 5 rings (SSSR count). The number of halogens is 1. The summed E-state index contributed by atoms with van der Waals surface area (Å²) in [5.41, 5.74) is 3.69. The van der Waals surface area contributed by atoms with E-state index in [0.717, 1.165) is 22.4 Å². The summed E-state index contributed by atoms with van der Waals surface area (Å²) in [4.78, 5) is 43.0. The number of thioether (sulfide) groups is 1. The van der Waals surface area contributed by atoms with Crippen LogP contribution in [0.1, 0.15) is 29.5 Å². The molecule has 7 nitrogen and oxygen atoms in total. The lowest BCUT2D eigenvalue weighted by Gasteiger charge is -2.35. The molecule has 196 valence electrons. The maximum Gasteiger partial charge on any atom is 0.248 e. The van der Waals surface area contributed by atoms with Crippen LogP contribution in [0.15, 0.2) is 48.5 Å². The third-order valence-corrected chi connectivity index (χ3v) is 11.1. The van der Waals surface area contributed by atoms with Crippen molar-refractivity contribution in [1.82, 2.24) is 10.2 Å². The van der Waals surface area contributed by atoms with Crippen molar-refractivity contribution in [3.05, 3.63) is 65.2 Å². The van der Waals surface area contributed by atoms with Gasteiger partial charge in [0.05, 0.1) is 16.6 Å². The van der Waals surface area contributed by atoms with Gasteiger partial charge in [0, 0.05) is 35.5 Å². The molecule has 37 heavy (non-hydrogen) atoms. The number of benzene rings is 2. The molecule has 0 saturated carbocycles. The van der Waals surface area contributed by atoms with Crippen molar-refractivity contribution in [3.63, 3.8) is 0 Å². The maximum atomic E-state index is 13.9. The van der Waals surface area contributed by atoms with Crippen molar-refractivity contribution < 1.29 is 19.5 Å². The number of carbonyl (C=O) groups is 3. The van der Waals surface area contributed by atoms with Crippen LogP contribution < -0.4 is 10.6 Å². The molecule has 0 radical (unpaired) electrons. The smallest absolute Gasteiger partial charge is 0.248 e. The SMILES string of the molecule is Cc1ccc(C)c(NC(=O)C2N(CCCO)C(=O)[C@@H]3[C@@H](C(=O)NCc4ccccc4)[C@@H]4SC23CC4Br)c1. The van der Waals surface area contributed by atoms with Crippen LogP contribution in [0.3, 0.4) is 0 Å². The number of rotatable bonds is 8. The van der Waals surface area contributed by atoms with Gasteiger partial charge < -0.3 is 20.6 Å². The van der Waals surface area contributed by atoms with Crippen LogP contribution in [0, 0.1) is 25.7 Å². The van der Waals surface area contributed by atoms with E-state index in [1.54, 1.807) is 16.7 Å². The van der Waals surface area contributed by atoms with Crippen LogP contribution >= 0.6 is 27.7 Å². The zero-order valence-corrected chi connectivity index (χ0v) is 23.3. The predicted octanol–water partition coefficient (Wildman–Crippen LogP) is 3.41. The van der Waals surface area contributed by atoms with Crippen molar-refractivity contribution >= 4 is 51.1 Å². The summed E-state index contributed by atoms with van der Waals surface area (Å²) in [5.74, 6) is -1.66. The number of aryl methyl sites for hydroxylation is 2. The summed E-state index contributed by atoms with van der Waals surface area (Å²) < 4.78 is -0.706. The number of anilines is 1. The Morgan fingerprint density at radius 2 is 1.92 bits per heavy atom. The molecular formula is C28H32BrN3O4S. The maximum absolute atomic E-state index is 13.9. The first-order chi connectivity index (χ1) is 17.8. The van der Waals surface area contributed by atoms with E-state index >= 15 is 0 Å². The van der Waals surface area contributed by atoms with Crippen LogP contribution in [-0.4, -0.2) is 61.7 Å². The van der Waals surface area contributed by atoms with Gasteiger partial charge in [0.15, 0.2) is 0 Å². The molecule has 3 saturated heterocycles. The number of likely N-dealkylation sites (tertiary alicyclic amines) is 1. The molecule has 9 heteroatoms. The summed E-state index contributed by atoms with van der Waals surface area (Å²) in [6.45, 7) is 4.49. The number of hydrogen-bond donors (Lipinski definition) is 3. The minimum Gasteiger partial charge on any atom is -0.396 e. The van der Waals surface area contributed by atoms with Crippen molar-refractivity contribution in [3.8, 4) is 0 Å². The molecule has 3 fully saturated rings. The number of fused-ring (bicyclic) bond motifs is 1. The minimum atomic E-state index is -0.724. The summed E-state index contributed by atoms with van der Waals surface area (Å²) in [6.07, 6.45) is 1.00. The number of alkyl halides is 1. The predicted molar refractivity (Wildman–Crippen MR) is 148 cm³/mol. The van der Waals surface area contributed by atoms with Gasteiger partial charge in [-0.2, -0.15) is 0 Å². The Bertz CT molecular complexity index is 1210. The number of aliphatic hydroxyl groups excluding tert-OH is 1. The van der Waals surface area contributed by atoms with Crippen LogP contribution in [0.25, 0.3) is 0 Å². The second kappa shape index (κ2) is 10.4. The normalized spacial score (nSPS) is 29.9. The highest BCUT2D eigenvalue weighted by Crippen LogP contribution is 2.67. The van der Waals surface area contributed by atoms with E-state index in [1.165, 1.54) is 0 Å². The lowest BCUT2D eigenvalue weighted by Crippen LogP contribution is -2.53. The van der Waals surface area contributed by atoms with E-state index in [2.05, 4.69) is 26.6 Å². The lowest BCUT2D eigenvalue weighted by molar-refractivity contribution is -0.139. The van der Waals surface area contributed by atoms with Gasteiger partial charge in [-0.25, -0.2) is 0 Å². The number of nitrogens with zero attached hydrogens (tertiary/aromatic N) is 1. The molecule has 2 aromatic carbocycles. The quantitative estimate of drug-likeness (QED) is 0.412. The Balaban J connectivity index is 1.45. The Morgan fingerprint density at radius 1 is 1.16 bits per heavy atom. The molecule has 3 aliphatic rings. The van der Waals surface area contributed by atoms with Crippen molar-refractivity contribution in [2.24, 2.45) is 11.8 Å². The van der Waals surface area contributed by atoms with Gasteiger partial charge in [0.25, 0.3) is 0 Å². The van der Waals surface area contributed by atoms with Gasteiger partial charge in [0.1, 0.15) is 6.04 Å². The van der Waals surface area contributed by atoms with E-state index < -0.39 is 22.6 Å². The van der Waals surface area contributed by atoms with Gasteiger partial charge in [-0.05, 0) is 49.4 Å². The Kier molecular flexibility index (Phi) is 7.40. The molecule has 3 amide bonds. The molecule has 6 atom stereocenters. The van der Waals surface area contributed by atoms with Crippen molar-refractivity contribution in [2.75, 3.05) is 18.5 Å². The topological polar surface area (TPSA) is 98.7 Å². The highest BCUT2D eigenvalue weighted by Gasteiger charge is 2.75. The Labute approximate surface area is 229 Å².